The number of rotatable bonds is 14. The van der Waals surface area contributed by atoms with E-state index in [1.165, 1.54) is 48.5 Å². The number of hydrogen-bond donors (Lipinski definition) is 4. The van der Waals surface area contributed by atoms with Gasteiger partial charge in [-0.05, 0) is 107 Å². The van der Waals surface area contributed by atoms with Crippen molar-refractivity contribution in [3.8, 4) is 0 Å². The predicted molar refractivity (Wildman–Crippen MR) is 209 cm³/mol. The molecule has 22 nitrogen and oxygen atoms in total. The molecule has 0 saturated heterocycles. The van der Waals surface area contributed by atoms with Crippen LogP contribution in [0.2, 0.25) is 10.6 Å². The molecule has 312 valence electrons. The molecule has 0 radical (unpaired) electrons. The summed E-state index contributed by atoms with van der Waals surface area (Å²) in [7, 11) is -19.8. The molecule has 4 aromatic carbocycles. The molecule has 6 aromatic rings. The van der Waals surface area contributed by atoms with Crippen molar-refractivity contribution in [1.82, 2.24) is 29.9 Å². The Balaban J connectivity index is 0.00000352. The molecule has 0 aliphatic rings. The molecular weight excluding hydrogens is 1010 g/mol. The maximum Gasteiger partial charge on any atom is 1.00 e. The fourth-order valence-corrected chi connectivity index (χ4v) is 7.61. The molecule has 6 rings (SSSR count). The summed E-state index contributed by atoms with van der Waals surface area (Å²) in [6.07, 6.45) is 2.17. The van der Waals surface area contributed by atoms with Crippen molar-refractivity contribution in [3.05, 3.63) is 107 Å². The van der Waals surface area contributed by atoms with E-state index in [9.17, 15) is 51.9 Å². The number of nitrogens with one attached hydrogen (secondary N) is 4. The Morgan fingerprint density at radius 3 is 0.922 bits per heavy atom. The smallest absolute Gasteiger partial charge is 0.744 e. The normalized spacial score (nSPS) is 11.5. The SMILES string of the molecule is O=S(=O)([O-])c1ccc(Nc2nc(Cl)nc(Nc3ccc(/C=C/c4ccc(Nc5nc(Cl)nc(Nc6ccc(S(=O)(=O)[O-])cc6)n5)cc4S(=O)(=O)[O-])c(S(=O)(=O)[O-])c3)n2)cc1.[Na+].[Na+].[Na+].[Na+]. The zero-order chi connectivity index (χ0) is 43.6. The summed E-state index contributed by atoms with van der Waals surface area (Å²) in [5.41, 5.74) is 0.0369. The van der Waals surface area contributed by atoms with E-state index in [1.807, 2.05) is 0 Å². The van der Waals surface area contributed by atoms with E-state index in [4.69, 9.17) is 23.2 Å². The molecule has 0 aliphatic heterocycles. The summed E-state index contributed by atoms with van der Waals surface area (Å²) < 4.78 is 141. The summed E-state index contributed by atoms with van der Waals surface area (Å²) in [6, 6.07) is 16.1. The molecule has 0 aliphatic carbocycles. The van der Waals surface area contributed by atoms with Gasteiger partial charge in [0.05, 0.1) is 19.6 Å². The van der Waals surface area contributed by atoms with Crippen molar-refractivity contribution in [2.45, 2.75) is 19.6 Å². The molecule has 0 saturated carbocycles. The quantitative estimate of drug-likeness (QED) is 0.0447. The van der Waals surface area contributed by atoms with Crippen LogP contribution in [0.1, 0.15) is 11.1 Å². The minimum absolute atomic E-state index is 0. The predicted octanol–water partition coefficient (Wildman–Crippen LogP) is -7.86. The van der Waals surface area contributed by atoms with Crippen LogP contribution in [0.25, 0.3) is 12.2 Å². The average molecular weight is 1030 g/mol. The van der Waals surface area contributed by atoms with Gasteiger partial charge in [0.15, 0.2) is 0 Å². The molecule has 0 unspecified atom stereocenters. The van der Waals surface area contributed by atoms with Crippen LogP contribution < -0.4 is 139 Å². The standard InChI is InChI=1S/C32H24Cl2N10O12S4.4Na/c33-27-39-29(35-19-7-11-23(12-8-19)57(45,46)47)43-31(41-27)37-21-5-3-17(25(15-21)59(51,52)53)1-2-18-4-6-22(16-26(18)60(54,55)56)38-32-42-28(34)40-30(44-32)36-20-9-13-24(14-10-20)58(48,49)50;;;;/h1-16H,(H,45,46,47)(H,48,49,50)(H,51,52,53)(H,54,55,56)(H2,35,37,39,41,43)(H2,36,38,40,42,44);;;;/q;4*+1/p-4/b2-1+;;;;. The van der Waals surface area contributed by atoms with E-state index in [0.29, 0.717) is 0 Å². The first-order valence-electron chi connectivity index (χ1n) is 15.9. The second kappa shape index (κ2) is 23.9. The third kappa shape index (κ3) is 16.4. The van der Waals surface area contributed by atoms with Gasteiger partial charge in [0.25, 0.3) is 0 Å². The van der Waals surface area contributed by atoms with Crippen LogP contribution in [-0.2, 0) is 40.5 Å². The third-order valence-electron chi connectivity index (χ3n) is 7.54. The van der Waals surface area contributed by atoms with Crippen LogP contribution in [0.15, 0.2) is 105 Å². The largest absolute Gasteiger partial charge is 1.00 e. The molecule has 32 heteroatoms. The molecule has 0 spiro atoms. The molecule has 0 amide bonds. The zero-order valence-electron chi connectivity index (χ0n) is 33.2. The van der Waals surface area contributed by atoms with Crippen molar-refractivity contribution >= 4 is 122 Å². The van der Waals surface area contributed by atoms with Crippen LogP contribution in [-0.4, -0.2) is 81.8 Å². The number of hydrogen-bond acceptors (Lipinski definition) is 22. The van der Waals surface area contributed by atoms with Gasteiger partial charge in [0.2, 0.25) is 34.4 Å². The van der Waals surface area contributed by atoms with E-state index in [0.717, 1.165) is 48.6 Å². The maximum atomic E-state index is 12.3. The average Bonchev–Trinajstić information content (AvgIpc) is 3.13. The van der Waals surface area contributed by atoms with Crippen molar-refractivity contribution in [1.29, 1.82) is 0 Å². The number of anilines is 8. The Bertz CT molecular complexity index is 2940. The summed E-state index contributed by atoms with van der Waals surface area (Å²) in [5.74, 6) is -0.771. The fraction of sp³-hybridized carbons (Fsp3) is 0. The Kier molecular flexibility index (Phi) is 21.7. The van der Waals surface area contributed by atoms with Crippen molar-refractivity contribution in [3.63, 3.8) is 0 Å². The van der Waals surface area contributed by atoms with Gasteiger partial charge in [-0.15, -0.1) is 0 Å². The van der Waals surface area contributed by atoms with Crippen molar-refractivity contribution in [2.75, 3.05) is 21.3 Å². The molecule has 0 atom stereocenters. The topological polar surface area (TPSA) is 354 Å². The number of aromatic nitrogens is 6. The van der Waals surface area contributed by atoms with Gasteiger partial charge in [0.1, 0.15) is 40.5 Å². The number of benzene rings is 4. The van der Waals surface area contributed by atoms with Gasteiger partial charge >= 0.3 is 118 Å². The Morgan fingerprint density at radius 1 is 0.391 bits per heavy atom. The molecule has 2 aromatic heterocycles. The minimum atomic E-state index is -5.20. The van der Waals surface area contributed by atoms with Crippen molar-refractivity contribution < 1.29 is 170 Å². The first kappa shape index (κ1) is 58.2. The Hall–Kier alpha value is -1.94. The summed E-state index contributed by atoms with van der Waals surface area (Å²) in [4.78, 5) is 21.3. The van der Waals surface area contributed by atoms with E-state index < -0.39 is 60.1 Å². The molecule has 64 heavy (non-hydrogen) atoms. The van der Waals surface area contributed by atoms with E-state index >= 15 is 0 Å². The van der Waals surface area contributed by atoms with Crippen LogP contribution in [0.5, 0.6) is 0 Å². The molecular formula is C32H20Cl2N10Na4O12S4. The van der Waals surface area contributed by atoms with Gasteiger partial charge in [-0.1, -0.05) is 24.3 Å². The molecule has 0 fully saturated rings. The first-order chi connectivity index (χ1) is 28.0. The van der Waals surface area contributed by atoms with Gasteiger partial charge < -0.3 is 39.5 Å². The monoisotopic (exact) mass is 1030 g/mol. The van der Waals surface area contributed by atoms with Gasteiger partial charge in [0, 0.05) is 22.7 Å². The summed E-state index contributed by atoms with van der Waals surface area (Å²) >= 11 is 12.0. The van der Waals surface area contributed by atoms with E-state index in [-0.39, 0.29) is 186 Å². The van der Waals surface area contributed by atoms with Crippen LogP contribution in [0.3, 0.4) is 0 Å². The zero-order valence-corrected chi connectivity index (χ0v) is 46.0. The van der Waals surface area contributed by atoms with Crippen LogP contribution >= 0.6 is 23.2 Å². The van der Waals surface area contributed by atoms with Gasteiger partial charge in [-0.25, -0.2) is 33.7 Å². The number of halogens is 2. The van der Waals surface area contributed by atoms with Crippen LogP contribution in [0, 0.1) is 0 Å². The summed E-state index contributed by atoms with van der Waals surface area (Å²) in [6.45, 7) is 0. The van der Waals surface area contributed by atoms with Crippen LogP contribution in [0.4, 0.5) is 46.5 Å². The minimum Gasteiger partial charge on any atom is -0.744 e. The van der Waals surface area contributed by atoms with E-state index in [2.05, 4.69) is 51.2 Å². The Labute approximate surface area is 463 Å². The Morgan fingerprint density at radius 2 is 0.656 bits per heavy atom. The third-order valence-corrected chi connectivity index (χ3v) is 11.4. The van der Waals surface area contributed by atoms with Crippen molar-refractivity contribution in [2.24, 2.45) is 0 Å². The molecule has 2 heterocycles. The summed E-state index contributed by atoms with van der Waals surface area (Å²) in [5, 5.41) is 10.1. The first-order valence-corrected chi connectivity index (χ1v) is 22.3. The number of nitrogens with zero attached hydrogens (tertiary/aromatic N) is 6. The second-order valence-electron chi connectivity index (χ2n) is 11.7. The van der Waals surface area contributed by atoms with E-state index in [1.54, 1.807) is 0 Å². The maximum absolute atomic E-state index is 12.3. The second-order valence-corrected chi connectivity index (χ2v) is 17.8. The fourth-order valence-electron chi connectivity index (χ4n) is 4.96. The van der Waals surface area contributed by atoms with Gasteiger partial charge in [-0.3, -0.25) is 0 Å². The molecule has 0 bridgehead atoms. The molecule has 4 N–H and O–H groups in total. The van der Waals surface area contributed by atoms with Gasteiger partial charge in [-0.2, -0.15) is 29.9 Å².